The van der Waals surface area contributed by atoms with E-state index in [1.165, 1.54) is 24.7 Å². The maximum absolute atomic E-state index is 14.4. The Morgan fingerprint density at radius 1 is 1.41 bits per heavy atom. The average Bonchev–Trinajstić information content (AvgIpc) is 3.45. The van der Waals surface area contributed by atoms with Crippen LogP contribution in [0, 0.1) is 5.82 Å². The van der Waals surface area contributed by atoms with E-state index in [-0.39, 0.29) is 24.2 Å². The van der Waals surface area contributed by atoms with Crippen LogP contribution in [-0.2, 0) is 6.54 Å². The topological polar surface area (TPSA) is 138 Å². The van der Waals surface area contributed by atoms with Crippen molar-refractivity contribution in [3.8, 4) is 0 Å². The molecule has 0 aliphatic carbocycles. The minimum Gasteiger partial charge on any atom is -0.438 e. The van der Waals surface area contributed by atoms with Crippen LogP contribution < -0.4 is 21.3 Å². The molecule has 3 aromatic heterocycles. The van der Waals surface area contributed by atoms with Gasteiger partial charge in [0.15, 0.2) is 12.2 Å². The van der Waals surface area contributed by atoms with Crippen molar-refractivity contribution in [2.75, 3.05) is 30.4 Å². The number of aromatic amines is 1. The third-order valence-corrected chi connectivity index (χ3v) is 5.64. The van der Waals surface area contributed by atoms with Crippen LogP contribution in [0.15, 0.2) is 29.1 Å². The highest BCUT2D eigenvalue weighted by molar-refractivity contribution is 6.14. The quantitative estimate of drug-likeness (QED) is 0.372. The van der Waals surface area contributed by atoms with Crippen molar-refractivity contribution in [2.45, 2.75) is 25.4 Å². The van der Waals surface area contributed by atoms with Crippen LogP contribution in [0.3, 0.4) is 0 Å². The van der Waals surface area contributed by atoms with Crippen molar-refractivity contribution in [1.29, 1.82) is 0 Å². The molecular formula is C21H23FN8O2. The van der Waals surface area contributed by atoms with Crippen LogP contribution in [0.25, 0.3) is 21.9 Å². The van der Waals surface area contributed by atoms with E-state index in [0.29, 0.717) is 34.9 Å². The van der Waals surface area contributed by atoms with Crippen molar-refractivity contribution < 1.29 is 13.6 Å². The van der Waals surface area contributed by atoms with E-state index >= 15 is 0 Å². The molecule has 1 aliphatic heterocycles. The summed E-state index contributed by atoms with van der Waals surface area (Å²) in [6.07, 6.45) is 4.41. The summed E-state index contributed by atoms with van der Waals surface area (Å²) in [5.74, 6) is 0.426. The molecule has 0 spiro atoms. The Balaban J connectivity index is 1.61. The molecule has 11 heteroatoms. The number of hydrogen-bond donors (Lipinski definition) is 4. The van der Waals surface area contributed by atoms with Gasteiger partial charge in [0.25, 0.3) is 5.91 Å². The van der Waals surface area contributed by atoms with Gasteiger partial charge in [0.1, 0.15) is 17.3 Å². The average molecular weight is 438 g/mol. The number of nitrogens with zero attached hydrogens (tertiary/aromatic N) is 4. The standard InChI is InChI=1S/C21H23FN8O2/c1-24-14-6-11(22)5-13-17-19(29-18(13)14)27-16(8-26-21(31)15-7-25-10-32-15)28-20(17)30-4-2-3-12(23)9-30/h5-7,10,12,24H,2-4,8-9,23H2,1H3,(H,26,31)(H,27,28,29). The highest BCUT2D eigenvalue weighted by Crippen LogP contribution is 2.36. The lowest BCUT2D eigenvalue weighted by Crippen LogP contribution is -2.43. The highest BCUT2D eigenvalue weighted by Gasteiger charge is 2.24. The molecule has 5 N–H and O–H groups in total. The van der Waals surface area contributed by atoms with Crippen molar-refractivity contribution in [2.24, 2.45) is 5.73 Å². The summed E-state index contributed by atoms with van der Waals surface area (Å²) in [6, 6.07) is 2.94. The minimum atomic E-state index is -0.413. The van der Waals surface area contributed by atoms with E-state index in [1.54, 1.807) is 7.05 Å². The number of anilines is 2. The first-order valence-electron chi connectivity index (χ1n) is 10.4. The molecule has 32 heavy (non-hydrogen) atoms. The first kappa shape index (κ1) is 20.2. The number of nitrogens with one attached hydrogen (secondary N) is 3. The van der Waals surface area contributed by atoms with E-state index in [2.05, 4.69) is 30.5 Å². The number of amides is 1. The zero-order valence-corrected chi connectivity index (χ0v) is 17.5. The molecule has 4 heterocycles. The summed E-state index contributed by atoms with van der Waals surface area (Å²) in [6.45, 7) is 1.51. The number of rotatable bonds is 5. The van der Waals surface area contributed by atoms with E-state index < -0.39 is 5.91 Å². The molecule has 0 radical (unpaired) electrons. The van der Waals surface area contributed by atoms with Gasteiger partial charge in [-0.15, -0.1) is 0 Å². The molecule has 166 valence electrons. The van der Waals surface area contributed by atoms with Gasteiger partial charge in [-0.25, -0.2) is 19.3 Å². The molecule has 0 bridgehead atoms. The fourth-order valence-electron chi connectivity index (χ4n) is 4.17. The second-order valence-corrected chi connectivity index (χ2v) is 7.83. The number of halogens is 1. The number of piperidine rings is 1. The number of H-pyrrole nitrogens is 1. The van der Waals surface area contributed by atoms with Crippen LogP contribution in [-0.4, -0.2) is 52.0 Å². The third-order valence-electron chi connectivity index (χ3n) is 5.64. The zero-order chi connectivity index (χ0) is 22.2. The van der Waals surface area contributed by atoms with E-state index in [1.807, 2.05) is 0 Å². The smallest absolute Gasteiger partial charge is 0.289 e. The molecule has 1 fully saturated rings. The van der Waals surface area contributed by atoms with Crippen molar-refractivity contribution in [3.05, 3.63) is 42.1 Å². The Bertz CT molecular complexity index is 1290. The molecule has 1 aromatic carbocycles. The first-order valence-corrected chi connectivity index (χ1v) is 10.4. The number of hydrogen-bond acceptors (Lipinski definition) is 8. The maximum Gasteiger partial charge on any atom is 0.289 e. The Hall–Kier alpha value is -3.73. The van der Waals surface area contributed by atoms with Crippen molar-refractivity contribution in [1.82, 2.24) is 25.3 Å². The number of fused-ring (bicyclic) bond motifs is 3. The van der Waals surface area contributed by atoms with E-state index in [4.69, 9.17) is 15.1 Å². The molecular weight excluding hydrogens is 415 g/mol. The lowest BCUT2D eigenvalue weighted by molar-refractivity contribution is 0.0922. The van der Waals surface area contributed by atoms with Gasteiger partial charge < -0.3 is 30.7 Å². The lowest BCUT2D eigenvalue weighted by atomic mass is 10.1. The normalized spacial score (nSPS) is 16.6. The summed E-state index contributed by atoms with van der Waals surface area (Å²) in [5, 5.41) is 7.19. The number of nitrogens with two attached hydrogens (primary N) is 1. The van der Waals surface area contributed by atoms with E-state index in [9.17, 15) is 9.18 Å². The fourth-order valence-corrected chi connectivity index (χ4v) is 4.17. The molecule has 0 saturated carbocycles. The molecule has 1 atom stereocenters. The summed E-state index contributed by atoms with van der Waals surface area (Å²) in [7, 11) is 1.74. The van der Waals surface area contributed by atoms with Gasteiger partial charge in [-0.1, -0.05) is 0 Å². The van der Waals surface area contributed by atoms with Crippen LogP contribution in [0.5, 0.6) is 0 Å². The van der Waals surface area contributed by atoms with Crippen LogP contribution >= 0.6 is 0 Å². The summed E-state index contributed by atoms with van der Waals surface area (Å²) >= 11 is 0. The molecule has 4 aromatic rings. The van der Waals surface area contributed by atoms with Gasteiger partial charge in [0.2, 0.25) is 5.76 Å². The zero-order valence-electron chi connectivity index (χ0n) is 17.5. The summed E-state index contributed by atoms with van der Waals surface area (Å²) in [5.41, 5.74) is 8.15. The van der Waals surface area contributed by atoms with Crippen molar-refractivity contribution in [3.63, 3.8) is 0 Å². The summed E-state index contributed by atoms with van der Waals surface area (Å²) in [4.78, 5) is 30.8. The monoisotopic (exact) mass is 438 g/mol. The molecule has 1 unspecified atom stereocenters. The second kappa shape index (κ2) is 8.08. The van der Waals surface area contributed by atoms with Gasteiger partial charge in [-0.05, 0) is 25.0 Å². The number of oxazole rings is 1. The molecule has 5 rings (SSSR count). The predicted molar refractivity (Wildman–Crippen MR) is 118 cm³/mol. The molecule has 1 saturated heterocycles. The maximum atomic E-state index is 14.4. The number of carbonyl (C=O) groups excluding carboxylic acids is 1. The number of aromatic nitrogens is 4. The minimum absolute atomic E-state index is 0.0261. The molecule has 10 nitrogen and oxygen atoms in total. The SMILES string of the molecule is CNc1cc(F)cc2c1[nH]c1nc(CNC(=O)c3cnco3)nc(N3CCCC(N)C3)c12. The lowest BCUT2D eigenvalue weighted by Gasteiger charge is -2.32. The van der Waals surface area contributed by atoms with Gasteiger partial charge in [-0.2, -0.15) is 0 Å². The number of benzene rings is 1. The highest BCUT2D eigenvalue weighted by atomic mass is 19.1. The first-order chi connectivity index (χ1) is 15.5. The van der Waals surface area contributed by atoms with Crippen LogP contribution in [0.4, 0.5) is 15.9 Å². The van der Waals surface area contributed by atoms with E-state index in [0.717, 1.165) is 30.3 Å². The molecule has 1 aliphatic rings. The van der Waals surface area contributed by atoms with Crippen LogP contribution in [0.2, 0.25) is 0 Å². The largest absolute Gasteiger partial charge is 0.438 e. The Morgan fingerprint density at radius 3 is 3.03 bits per heavy atom. The molecule has 1 amide bonds. The number of carbonyl (C=O) groups is 1. The third kappa shape index (κ3) is 3.60. The Kier molecular flexibility index (Phi) is 5.10. The Labute approximate surface area is 182 Å². The van der Waals surface area contributed by atoms with Gasteiger partial charge in [-0.3, -0.25) is 4.79 Å². The van der Waals surface area contributed by atoms with Gasteiger partial charge >= 0.3 is 0 Å². The van der Waals surface area contributed by atoms with Crippen molar-refractivity contribution >= 4 is 39.3 Å². The van der Waals surface area contributed by atoms with Gasteiger partial charge in [0.05, 0.1) is 29.3 Å². The predicted octanol–water partition coefficient (Wildman–Crippen LogP) is 2.14. The van der Waals surface area contributed by atoms with Gasteiger partial charge in [0, 0.05) is 31.6 Å². The second-order valence-electron chi connectivity index (χ2n) is 7.83. The fraction of sp³-hybridized carbons (Fsp3) is 0.333. The van der Waals surface area contributed by atoms with Crippen LogP contribution in [0.1, 0.15) is 29.2 Å². The Morgan fingerprint density at radius 2 is 2.28 bits per heavy atom. The summed E-state index contributed by atoms with van der Waals surface area (Å²) < 4.78 is 19.4.